The van der Waals surface area contributed by atoms with E-state index in [1.54, 1.807) is 17.9 Å². The molecular weight excluding hydrogens is 258 g/mol. The van der Waals surface area contributed by atoms with Gasteiger partial charge in [-0.25, -0.2) is 9.59 Å². The second kappa shape index (κ2) is 6.77. The predicted octanol–water partition coefficient (Wildman–Crippen LogP) is 2.90. The van der Waals surface area contributed by atoms with Crippen LogP contribution in [0.15, 0.2) is 11.6 Å². The zero-order chi connectivity index (χ0) is 15.3. The molecule has 0 aromatic carbocycles. The van der Waals surface area contributed by atoms with Crippen LogP contribution in [0, 0.1) is 0 Å². The number of likely N-dealkylation sites (tertiary alicyclic amines) is 1. The van der Waals surface area contributed by atoms with Crippen molar-refractivity contribution in [3.8, 4) is 0 Å². The summed E-state index contributed by atoms with van der Waals surface area (Å²) in [5.41, 5.74) is 0.536. The average Bonchev–Trinajstić information content (AvgIpc) is 2.26. The predicted molar refractivity (Wildman–Crippen MR) is 76.4 cm³/mol. The van der Waals surface area contributed by atoms with Crippen molar-refractivity contribution in [3.05, 3.63) is 11.6 Å². The van der Waals surface area contributed by atoms with Crippen LogP contribution >= 0.6 is 0 Å². The summed E-state index contributed by atoms with van der Waals surface area (Å²) in [6.07, 6.45) is 2.62. The monoisotopic (exact) mass is 283 g/mol. The molecule has 5 heteroatoms. The van der Waals surface area contributed by atoms with E-state index in [2.05, 4.69) is 0 Å². The van der Waals surface area contributed by atoms with Gasteiger partial charge in [0, 0.05) is 18.7 Å². The maximum absolute atomic E-state index is 12.0. The number of rotatable bonds is 2. The fraction of sp³-hybridized carbons (Fsp3) is 0.733. The van der Waals surface area contributed by atoms with Crippen molar-refractivity contribution in [1.29, 1.82) is 0 Å². The SMILES string of the molecule is CCOC(=O)C=C1CCN(C(=O)OC(C)(C)C)[C@@H](C)C1. The Hall–Kier alpha value is -1.52. The summed E-state index contributed by atoms with van der Waals surface area (Å²) in [5, 5.41) is 0. The van der Waals surface area contributed by atoms with Crippen molar-refractivity contribution in [1.82, 2.24) is 4.90 Å². The summed E-state index contributed by atoms with van der Waals surface area (Å²) < 4.78 is 10.3. The van der Waals surface area contributed by atoms with Crippen LogP contribution in [0.5, 0.6) is 0 Å². The molecular formula is C15H25NO4. The molecule has 0 saturated carbocycles. The standard InChI is InChI=1S/C15H25NO4/c1-6-19-13(17)10-12-7-8-16(11(2)9-12)14(18)20-15(3,4)5/h10-11H,6-9H2,1-5H3/t11-/m0/s1. The van der Waals surface area contributed by atoms with Crippen LogP contribution in [-0.2, 0) is 14.3 Å². The Morgan fingerprint density at radius 3 is 2.55 bits per heavy atom. The maximum Gasteiger partial charge on any atom is 0.410 e. The van der Waals surface area contributed by atoms with Crippen LogP contribution < -0.4 is 0 Å². The summed E-state index contributed by atoms with van der Waals surface area (Å²) in [6, 6.07) is 0.0271. The van der Waals surface area contributed by atoms with Crippen LogP contribution in [0.2, 0.25) is 0 Å². The molecule has 1 amide bonds. The number of ether oxygens (including phenoxy) is 2. The average molecular weight is 283 g/mol. The quantitative estimate of drug-likeness (QED) is 0.577. The fourth-order valence-corrected chi connectivity index (χ4v) is 2.15. The molecule has 0 bridgehead atoms. The lowest BCUT2D eigenvalue weighted by atomic mass is 9.98. The molecule has 1 atom stereocenters. The van der Waals surface area contributed by atoms with E-state index >= 15 is 0 Å². The minimum atomic E-state index is -0.488. The van der Waals surface area contributed by atoms with Crippen LogP contribution in [0.25, 0.3) is 0 Å². The normalized spacial score (nSPS) is 21.8. The molecule has 5 nitrogen and oxygen atoms in total. The van der Waals surface area contributed by atoms with Crippen molar-refractivity contribution in [2.75, 3.05) is 13.2 Å². The van der Waals surface area contributed by atoms with Gasteiger partial charge in [0.05, 0.1) is 6.61 Å². The number of nitrogens with zero attached hydrogens (tertiary/aromatic N) is 1. The molecule has 0 N–H and O–H groups in total. The molecule has 0 aromatic heterocycles. The van der Waals surface area contributed by atoms with Crippen LogP contribution in [-0.4, -0.2) is 41.8 Å². The maximum atomic E-state index is 12.0. The van der Waals surface area contributed by atoms with Crippen molar-refractivity contribution >= 4 is 12.1 Å². The number of carbonyl (C=O) groups excluding carboxylic acids is 2. The number of hydrogen-bond acceptors (Lipinski definition) is 4. The van der Waals surface area contributed by atoms with Crippen molar-refractivity contribution in [2.24, 2.45) is 0 Å². The largest absolute Gasteiger partial charge is 0.463 e. The first kappa shape index (κ1) is 16.5. The Kier molecular flexibility index (Phi) is 5.60. The molecule has 1 fully saturated rings. The van der Waals surface area contributed by atoms with Crippen LogP contribution in [0.1, 0.15) is 47.5 Å². The lowest BCUT2D eigenvalue weighted by molar-refractivity contribution is -0.137. The molecule has 1 aliphatic rings. The van der Waals surface area contributed by atoms with E-state index in [1.165, 1.54) is 0 Å². The van der Waals surface area contributed by atoms with Crippen LogP contribution in [0.3, 0.4) is 0 Å². The van der Waals surface area contributed by atoms with Gasteiger partial charge >= 0.3 is 12.1 Å². The molecule has 1 aliphatic heterocycles. The van der Waals surface area contributed by atoms with Gasteiger partial charge in [-0.05, 0) is 47.5 Å². The highest BCUT2D eigenvalue weighted by Crippen LogP contribution is 2.24. The molecule has 0 radical (unpaired) electrons. The third-order valence-corrected chi connectivity index (χ3v) is 3.00. The summed E-state index contributed by atoms with van der Waals surface area (Å²) in [6.45, 7) is 10.2. The zero-order valence-corrected chi connectivity index (χ0v) is 13.1. The van der Waals surface area contributed by atoms with E-state index in [-0.39, 0.29) is 18.1 Å². The van der Waals surface area contributed by atoms with Gasteiger partial charge in [0.15, 0.2) is 0 Å². The molecule has 0 spiro atoms. The second-order valence-corrected chi connectivity index (χ2v) is 6.03. The number of amides is 1. The minimum absolute atomic E-state index is 0.0271. The number of hydrogen-bond donors (Lipinski definition) is 0. The molecule has 0 aromatic rings. The molecule has 0 unspecified atom stereocenters. The van der Waals surface area contributed by atoms with Crippen LogP contribution in [0.4, 0.5) is 4.79 Å². The summed E-state index contributed by atoms with van der Waals surface area (Å²) in [4.78, 5) is 25.2. The first-order valence-electron chi connectivity index (χ1n) is 7.08. The number of esters is 1. The first-order valence-corrected chi connectivity index (χ1v) is 7.08. The second-order valence-electron chi connectivity index (χ2n) is 6.03. The van der Waals surface area contributed by atoms with Crippen molar-refractivity contribution in [2.45, 2.75) is 59.1 Å². The highest BCUT2D eigenvalue weighted by atomic mass is 16.6. The highest BCUT2D eigenvalue weighted by molar-refractivity contribution is 5.83. The molecule has 1 saturated heterocycles. The Bertz CT molecular complexity index is 395. The fourth-order valence-electron chi connectivity index (χ4n) is 2.15. The Balaban J connectivity index is 2.60. The summed E-state index contributed by atoms with van der Waals surface area (Å²) >= 11 is 0. The minimum Gasteiger partial charge on any atom is -0.463 e. The van der Waals surface area contributed by atoms with Gasteiger partial charge in [-0.2, -0.15) is 0 Å². The molecule has 20 heavy (non-hydrogen) atoms. The van der Waals surface area contributed by atoms with Crippen molar-refractivity contribution in [3.63, 3.8) is 0 Å². The van der Waals surface area contributed by atoms with E-state index in [9.17, 15) is 9.59 Å². The zero-order valence-electron chi connectivity index (χ0n) is 13.1. The molecule has 1 rings (SSSR count). The molecule has 1 heterocycles. The lowest BCUT2D eigenvalue weighted by Gasteiger charge is -2.35. The van der Waals surface area contributed by atoms with Gasteiger partial charge in [-0.1, -0.05) is 5.57 Å². The smallest absolute Gasteiger partial charge is 0.410 e. The van der Waals surface area contributed by atoms with Gasteiger partial charge in [0.2, 0.25) is 0 Å². The van der Waals surface area contributed by atoms with Gasteiger partial charge < -0.3 is 14.4 Å². The first-order chi connectivity index (χ1) is 9.23. The van der Waals surface area contributed by atoms with Gasteiger partial charge in [0.25, 0.3) is 0 Å². The summed E-state index contributed by atoms with van der Waals surface area (Å²) in [7, 11) is 0. The van der Waals surface area contributed by atoms with E-state index in [4.69, 9.17) is 9.47 Å². The Morgan fingerprint density at radius 1 is 1.40 bits per heavy atom. The van der Waals surface area contributed by atoms with E-state index < -0.39 is 5.60 Å². The van der Waals surface area contributed by atoms with E-state index in [1.807, 2.05) is 27.7 Å². The van der Waals surface area contributed by atoms with E-state index in [0.717, 1.165) is 5.57 Å². The number of carbonyl (C=O) groups is 2. The lowest BCUT2D eigenvalue weighted by Crippen LogP contribution is -2.45. The highest BCUT2D eigenvalue weighted by Gasteiger charge is 2.29. The van der Waals surface area contributed by atoms with Gasteiger partial charge in [-0.3, -0.25) is 0 Å². The topological polar surface area (TPSA) is 55.8 Å². The Labute approximate surface area is 120 Å². The van der Waals surface area contributed by atoms with Gasteiger partial charge in [-0.15, -0.1) is 0 Å². The Morgan fingerprint density at radius 2 is 2.05 bits per heavy atom. The van der Waals surface area contributed by atoms with Gasteiger partial charge in [0.1, 0.15) is 5.60 Å². The molecule has 0 aliphatic carbocycles. The number of piperidine rings is 1. The van der Waals surface area contributed by atoms with Crippen molar-refractivity contribution < 1.29 is 19.1 Å². The third kappa shape index (κ3) is 5.23. The van der Waals surface area contributed by atoms with E-state index in [0.29, 0.717) is 26.0 Å². The third-order valence-electron chi connectivity index (χ3n) is 3.00. The summed E-state index contributed by atoms with van der Waals surface area (Å²) in [5.74, 6) is -0.305. The molecule has 114 valence electrons.